The fourth-order valence-electron chi connectivity index (χ4n) is 2.48. The first-order chi connectivity index (χ1) is 12.5. The number of hydrogen-bond donors (Lipinski definition) is 1. The van der Waals surface area contributed by atoms with E-state index in [0.29, 0.717) is 41.5 Å². The molecule has 1 saturated heterocycles. The van der Waals surface area contributed by atoms with Gasteiger partial charge in [-0.1, -0.05) is 23.7 Å². The average Bonchev–Trinajstić information content (AvgIpc) is 2.67. The number of hydrogen-bond acceptors (Lipinski definition) is 7. The van der Waals surface area contributed by atoms with Gasteiger partial charge in [0.2, 0.25) is 11.9 Å². The Hall–Kier alpha value is -2.45. The molecule has 1 aromatic heterocycles. The Labute approximate surface area is 157 Å². The van der Waals surface area contributed by atoms with Crippen molar-refractivity contribution in [3.63, 3.8) is 0 Å². The number of rotatable bonds is 5. The van der Waals surface area contributed by atoms with Crippen LogP contribution >= 0.6 is 11.6 Å². The predicted octanol–water partition coefficient (Wildman–Crippen LogP) is 1.36. The highest BCUT2D eigenvalue weighted by molar-refractivity contribution is 6.33. The van der Waals surface area contributed by atoms with Gasteiger partial charge in [-0.05, 0) is 12.1 Å². The number of aromatic nitrogens is 3. The van der Waals surface area contributed by atoms with Crippen molar-refractivity contribution >= 4 is 29.4 Å². The number of amides is 1. The third-order valence-electron chi connectivity index (χ3n) is 3.88. The maximum absolute atomic E-state index is 12.3. The molecular weight excluding hydrogens is 356 g/mol. The van der Waals surface area contributed by atoms with Crippen LogP contribution in [0.2, 0.25) is 5.02 Å². The number of nitrogens with zero attached hydrogens (tertiary/aromatic N) is 5. The van der Waals surface area contributed by atoms with Crippen LogP contribution in [-0.4, -0.2) is 61.3 Å². The van der Waals surface area contributed by atoms with Gasteiger partial charge < -0.3 is 19.9 Å². The summed E-state index contributed by atoms with van der Waals surface area (Å²) in [7, 11) is 3.73. The van der Waals surface area contributed by atoms with Gasteiger partial charge in [-0.15, -0.1) is 0 Å². The number of morpholine rings is 1. The summed E-state index contributed by atoms with van der Waals surface area (Å²) in [6.07, 6.45) is 0. The summed E-state index contributed by atoms with van der Waals surface area (Å²) in [4.78, 5) is 29.6. The molecule has 0 spiro atoms. The monoisotopic (exact) mass is 376 g/mol. The maximum Gasteiger partial charge on any atom is 0.253 e. The van der Waals surface area contributed by atoms with Crippen molar-refractivity contribution in [3.05, 3.63) is 40.7 Å². The SMILES string of the molecule is CN(C)c1nc(CNC(=O)c2ccccc2Cl)nc(N2CCOCC2)n1. The fraction of sp³-hybridized carbons (Fsp3) is 0.412. The molecule has 2 heterocycles. The zero-order valence-corrected chi connectivity index (χ0v) is 15.5. The molecule has 9 heteroatoms. The average molecular weight is 377 g/mol. The van der Waals surface area contributed by atoms with Crippen LogP contribution in [-0.2, 0) is 11.3 Å². The van der Waals surface area contributed by atoms with E-state index in [9.17, 15) is 4.79 Å². The summed E-state index contributed by atoms with van der Waals surface area (Å²) in [6, 6.07) is 6.91. The quantitative estimate of drug-likeness (QED) is 0.843. The minimum absolute atomic E-state index is 0.185. The van der Waals surface area contributed by atoms with Crippen molar-refractivity contribution in [1.82, 2.24) is 20.3 Å². The molecule has 3 rings (SSSR count). The summed E-state index contributed by atoms with van der Waals surface area (Å²) < 4.78 is 5.38. The lowest BCUT2D eigenvalue weighted by Crippen LogP contribution is -2.38. The van der Waals surface area contributed by atoms with E-state index in [1.807, 2.05) is 19.0 Å². The zero-order valence-electron chi connectivity index (χ0n) is 14.8. The molecular formula is C17H21ClN6O2. The van der Waals surface area contributed by atoms with Crippen molar-refractivity contribution in [1.29, 1.82) is 0 Å². The molecule has 0 bridgehead atoms. The highest BCUT2D eigenvalue weighted by atomic mass is 35.5. The molecule has 26 heavy (non-hydrogen) atoms. The largest absolute Gasteiger partial charge is 0.378 e. The van der Waals surface area contributed by atoms with Crippen LogP contribution in [0, 0.1) is 0 Å². The Morgan fingerprint density at radius 1 is 1.23 bits per heavy atom. The second-order valence-corrected chi connectivity index (χ2v) is 6.42. The number of benzene rings is 1. The van der Waals surface area contributed by atoms with Crippen LogP contribution in [0.4, 0.5) is 11.9 Å². The normalized spacial score (nSPS) is 14.2. The molecule has 1 aliphatic rings. The van der Waals surface area contributed by atoms with Gasteiger partial charge in [-0.3, -0.25) is 4.79 Å². The Morgan fingerprint density at radius 2 is 1.96 bits per heavy atom. The maximum atomic E-state index is 12.3. The molecule has 0 radical (unpaired) electrons. The molecule has 1 N–H and O–H groups in total. The van der Waals surface area contributed by atoms with Crippen LogP contribution in [0.15, 0.2) is 24.3 Å². The van der Waals surface area contributed by atoms with E-state index in [2.05, 4.69) is 25.2 Å². The van der Waals surface area contributed by atoms with Crippen molar-refractivity contribution in [2.75, 3.05) is 50.2 Å². The Bertz CT molecular complexity index is 780. The lowest BCUT2D eigenvalue weighted by atomic mass is 10.2. The topological polar surface area (TPSA) is 83.5 Å². The summed E-state index contributed by atoms with van der Waals surface area (Å²) >= 11 is 6.07. The molecule has 0 unspecified atom stereocenters. The van der Waals surface area contributed by atoms with E-state index in [1.54, 1.807) is 24.3 Å². The van der Waals surface area contributed by atoms with Gasteiger partial charge >= 0.3 is 0 Å². The van der Waals surface area contributed by atoms with Gasteiger partial charge in [-0.25, -0.2) is 0 Å². The van der Waals surface area contributed by atoms with E-state index < -0.39 is 0 Å². The van der Waals surface area contributed by atoms with E-state index in [4.69, 9.17) is 16.3 Å². The van der Waals surface area contributed by atoms with Crippen molar-refractivity contribution in [3.8, 4) is 0 Å². The van der Waals surface area contributed by atoms with Crippen LogP contribution in [0.25, 0.3) is 0 Å². The lowest BCUT2D eigenvalue weighted by Gasteiger charge is -2.27. The van der Waals surface area contributed by atoms with Gasteiger partial charge in [0.1, 0.15) is 0 Å². The standard InChI is InChI=1S/C17H21ClN6O2/c1-23(2)16-20-14(21-17(22-16)24-7-9-26-10-8-24)11-19-15(25)12-5-3-4-6-13(12)18/h3-6H,7-11H2,1-2H3,(H,19,25). The molecule has 138 valence electrons. The first kappa shape index (κ1) is 18.3. The highest BCUT2D eigenvalue weighted by Crippen LogP contribution is 2.16. The number of anilines is 2. The Morgan fingerprint density at radius 3 is 2.65 bits per heavy atom. The van der Waals surface area contributed by atoms with Crippen LogP contribution < -0.4 is 15.1 Å². The summed E-state index contributed by atoms with van der Waals surface area (Å²) in [6.45, 7) is 2.92. The summed E-state index contributed by atoms with van der Waals surface area (Å²) in [5.74, 6) is 1.36. The van der Waals surface area contributed by atoms with Crippen LogP contribution in [0.1, 0.15) is 16.2 Å². The molecule has 8 nitrogen and oxygen atoms in total. The van der Waals surface area contributed by atoms with Crippen LogP contribution in [0.3, 0.4) is 0 Å². The van der Waals surface area contributed by atoms with Crippen molar-refractivity contribution < 1.29 is 9.53 Å². The second-order valence-electron chi connectivity index (χ2n) is 6.01. The van der Waals surface area contributed by atoms with E-state index in [0.717, 1.165) is 13.1 Å². The highest BCUT2D eigenvalue weighted by Gasteiger charge is 2.18. The van der Waals surface area contributed by atoms with Crippen molar-refractivity contribution in [2.45, 2.75) is 6.54 Å². The Balaban J connectivity index is 1.77. The van der Waals surface area contributed by atoms with Gasteiger partial charge in [0, 0.05) is 27.2 Å². The second kappa shape index (κ2) is 8.29. The van der Waals surface area contributed by atoms with Gasteiger partial charge in [0.25, 0.3) is 5.91 Å². The fourth-order valence-corrected chi connectivity index (χ4v) is 2.70. The molecule has 1 aliphatic heterocycles. The summed E-state index contributed by atoms with van der Waals surface area (Å²) in [5, 5.41) is 3.22. The smallest absolute Gasteiger partial charge is 0.253 e. The predicted molar refractivity (Wildman–Crippen MR) is 99.8 cm³/mol. The third-order valence-corrected chi connectivity index (χ3v) is 4.21. The third kappa shape index (κ3) is 4.39. The molecule has 0 atom stereocenters. The zero-order chi connectivity index (χ0) is 18.5. The molecule has 1 fully saturated rings. The van der Waals surface area contributed by atoms with E-state index in [1.165, 1.54) is 0 Å². The van der Waals surface area contributed by atoms with Crippen molar-refractivity contribution in [2.24, 2.45) is 0 Å². The lowest BCUT2D eigenvalue weighted by molar-refractivity contribution is 0.0950. The Kier molecular flexibility index (Phi) is 5.85. The minimum atomic E-state index is -0.268. The van der Waals surface area contributed by atoms with E-state index in [-0.39, 0.29) is 12.5 Å². The number of ether oxygens (including phenoxy) is 1. The van der Waals surface area contributed by atoms with E-state index >= 15 is 0 Å². The molecule has 0 saturated carbocycles. The number of carbonyl (C=O) groups is 1. The molecule has 1 amide bonds. The van der Waals surface area contributed by atoms with Gasteiger partial charge in [0.15, 0.2) is 5.82 Å². The molecule has 0 aliphatic carbocycles. The molecule has 1 aromatic carbocycles. The van der Waals surface area contributed by atoms with Gasteiger partial charge in [-0.2, -0.15) is 15.0 Å². The van der Waals surface area contributed by atoms with Gasteiger partial charge in [0.05, 0.1) is 30.3 Å². The first-order valence-electron chi connectivity index (χ1n) is 8.32. The summed E-state index contributed by atoms with van der Waals surface area (Å²) in [5.41, 5.74) is 0.421. The molecule has 2 aromatic rings. The number of carbonyl (C=O) groups excluding carboxylic acids is 1. The minimum Gasteiger partial charge on any atom is -0.378 e. The number of halogens is 1. The van der Waals surface area contributed by atoms with Crippen LogP contribution in [0.5, 0.6) is 0 Å². The first-order valence-corrected chi connectivity index (χ1v) is 8.70. The number of nitrogens with one attached hydrogen (secondary N) is 1.